The highest BCUT2D eigenvalue weighted by molar-refractivity contribution is 5.95. The quantitative estimate of drug-likeness (QED) is 0.854. The molecule has 1 aromatic carbocycles. The summed E-state index contributed by atoms with van der Waals surface area (Å²) in [4.78, 5) is 35.3. The number of hydrogen-bond acceptors (Lipinski definition) is 4. The molecule has 0 spiro atoms. The molecule has 0 aliphatic carbocycles. The summed E-state index contributed by atoms with van der Waals surface area (Å²) in [6.45, 7) is 1.75. The summed E-state index contributed by atoms with van der Waals surface area (Å²) in [7, 11) is 1.40. The Hall–Kier alpha value is -2.64. The summed E-state index contributed by atoms with van der Waals surface area (Å²) < 4.78 is 19.0. The van der Waals surface area contributed by atoms with Crippen molar-refractivity contribution in [3.05, 3.63) is 29.6 Å². The van der Waals surface area contributed by atoms with Gasteiger partial charge in [-0.2, -0.15) is 0 Å². The molecule has 118 valence electrons. The summed E-state index contributed by atoms with van der Waals surface area (Å²) in [5.74, 6) is -1.50. The molecule has 1 atom stereocenters. The van der Waals surface area contributed by atoms with E-state index in [-0.39, 0.29) is 24.6 Å². The molecule has 22 heavy (non-hydrogen) atoms. The Morgan fingerprint density at radius 1 is 1.45 bits per heavy atom. The van der Waals surface area contributed by atoms with E-state index in [1.807, 2.05) is 0 Å². The van der Waals surface area contributed by atoms with Crippen molar-refractivity contribution in [2.75, 3.05) is 25.0 Å². The number of halogens is 1. The standard InChI is InChI=1S/C14H16FN3O4/c1-8(19)17-6-10-7-18(14(21)22-10)9-3-4-11(12(15)5-9)13(20)16-2/h3-5,10H,6-7H2,1-2H3,(H,16,20)(H,17,19). The van der Waals surface area contributed by atoms with E-state index in [0.717, 1.165) is 6.07 Å². The van der Waals surface area contributed by atoms with Crippen LogP contribution in [-0.4, -0.2) is 44.1 Å². The lowest BCUT2D eigenvalue weighted by atomic mass is 10.1. The lowest BCUT2D eigenvalue weighted by Crippen LogP contribution is -2.33. The molecule has 1 aliphatic rings. The topological polar surface area (TPSA) is 87.7 Å². The van der Waals surface area contributed by atoms with Gasteiger partial charge in [0.25, 0.3) is 5.91 Å². The van der Waals surface area contributed by atoms with Gasteiger partial charge in [-0.25, -0.2) is 9.18 Å². The highest BCUT2D eigenvalue weighted by Gasteiger charge is 2.32. The van der Waals surface area contributed by atoms with Crippen molar-refractivity contribution in [2.24, 2.45) is 0 Å². The van der Waals surface area contributed by atoms with Gasteiger partial charge in [-0.15, -0.1) is 0 Å². The zero-order valence-electron chi connectivity index (χ0n) is 12.2. The van der Waals surface area contributed by atoms with Crippen LogP contribution in [0.1, 0.15) is 17.3 Å². The van der Waals surface area contributed by atoms with Crippen LogP contribution in [0.5, 0.6) is 0 Å². The van der Waals surface area contributed by atoms with Crippen LogP contribution in [0.4, 0.5) is 14.9 Å². The maximum atomic E-state index is 13.9. The van der Waals surface area contributed by atoms with E-state index >= 15 is 0 Å². The van der Waals surface area contributed by atoms with E-state index in [0.29, 0.717) is 5.69 Å². The number of nitrogens with one attached hydrogen (secondary N) is 2. The average molecular weight is 309 g/mol. The van der Waals surface area contributed by atoms with Crippen molar-refractivity contribution >= 4 is 23.6 Å². The van der Waals surface area contributed by atoms with Gasteiger partial charge in [0.15, 0.2) is 0 Å². The Morgan fingerprint density at radius 3 is 2.77 bits per heavy atom. The van der Waals surface area contributed by atoms with Gasteiger partial charge in [0.2, 0.25) is 5.91 Å². The number of rotatable bonds is 4. The van der Waals surface area contributed by atoms with E-state index in [2.05, 4.69) is 10.6 Å². The molecule has 7 nitrogen and oxygen atoms in total. The van der Waals surface area contributed by atoms with E-state index in [9.17, 15) is 18.8 Å². The molecule has 3 amide bonds. The summed E-state index contributed by atoms with van der Waals surface area (Å²) in [6.07, 6.45) is -1.12. The highest BCUT2D eigenvalue weighted by atomic mass is 19.1. The molecule has 1 saturated heterocycles. The van der Waals surface area contributed by atoms with Crippen molar-refractivity contribution in [1.82, 2.24) is 10.6 Å². The van der Waals surface area contributed by atoms with Gasteiger partial charge < -0.3 is 15.4 Å². The summed E-state index contributed by atoms with van der Waals surface area (Å²) in [5, 5.41) is 4.88. The van der Waals surface area contributed by atoms with Gasteiger partial charge >= 0.3 is 6.09 Å². The largest absolute Gasteiger partial charge is 0.442 e. The number of hydrogen-bond donors (Lipinski definition) is 2. The Balaban J connectivity index is 2.12. The number of ether oxygens (including phenoxy) is 1. The lowest BCUT2D eigenvalue weighted by Gasteiger charge is -2.14. The van der Waals surface area contributed by atoms with Crippen LogP contribution in [0.15, 0.2) is 18.2 Å². The van der Waals surface area contributed by atoms with Crippen LogP contribution < -0.4 is 15.5 Å². The fraction of sp³-hybridized carbons (Fsp3) is 0.357. The van der Waals surface area contributed by atoms with Crippen molar-refractivity contribution < 1.29 is 23.5 Å². The van der Waals surface area contributed by atoms with Crippen molar-refractivity contribution in [3.8, 4) is 0 Å². The number of carbonyl (C=O) groups excluding carboxylic acids is 3. The molecule has 1 aliphatic heterocycles. The van der Waals surface area contributed by atoms with Gasteiger partial charge in [-0.1, -0.05) is 0 Å². The van der Waals surface area contributed by atoms with Crippen LogP contribution in [0.2, 0.25) is 0 Å². The predicted octanol–water partition coefficient (Wildman–Crippen LogP) is 0.647. The number of nitrogens with zero attached hydrogens (tertiary/aromatic N) is 1. The second-order valence-corrected chi connectivity index (χ2v) is 4.80. The van der Waals surface area contributed by atoms with Crippen molar-refractivity contribution in [3.63, 3.8) is 0 Å². The van der Waals surface area contributed by atoms with E-state index < -0.39 is 23.9 Å². The summed E-state index contributed by atoms with van der Waals surface area (Å²) >= 11 is 0. The smallest absolute Gasteiger partial charge is 0.414 e. The Bertz CT molecular complexity index is 620. The molecular formula is C14H16FN3O4. The maximum Gasteiger partial charge on any atom is 0.414 e. The van der Waals surface area contributed by atoms with E-state index in [4.69, 9.17) is 4.74 Å². The number of benzene rings is 1. The molecule has 1 heterocycles. The SMILES string of the molecule is CNC(=O)c1ccc(N2CC(CNC(C)=O)OC2=O)cc1F. The van der Waals surface area contributed by atoms with Gasteiger partial charge in [-0.3, -0.25) is 14.5 Å². The number of carbonyl (C=O) groups is 3. The second kappa shape index (κ2) is 6.42. The minimum absolute atomic E-state index is 0.103. The minimum atomic E-state index is -0.727. The zero-order valence-corrected chi connectivity index (χ0v) is 12.2. The number of cyclic esters (lactones) is 1. The Kier molecular flexibility index (Phi) is 4.59. The maximum absolute atomic E-state index is 13.9. The van der Waals surface area contributed by atoms with Crippen molar-refractivity contribution in [2.45, 2.75) is 13.0 Å². The molecule has 1 fully saturated rings. The molecule has 1 unspecified atom stereocenters. The van der Waals surface area contributed by atoms with Crippen LogP contribution in [0.3, 0.4) is 0 Å². The van der Waals surface area contributed by atoms with Crippen molar-refractivity contribution in [1.29, 1.82) is 0 Å². The fourth-order valence-corrected chi connectivity index (χ4v) is 2.09. The summed E-state index contributed by atoms with van der Waals surface area (Å²) in [6, 6.07) is 3.88. The van der Waals surface area contributed by atoms with E-state index in [1.165, 1.54) is 31.0 Å². The first-order chi connectivity index (χ1) is 10.4. The first-order valence-corrected chi connectivity index (χ1v) is 6.66. The first kappa shape index (κ1) is 15.7. The van der Waals surface area contributed by atoms with Crippen LogP contribution in [0.25, 0.3) is 0 Å². The third-order valence-electron chi connectivity index (χ3n) is 3.19. The highest BCUT2D eigenvalue weighted by Crippen LogP contribution is 2.23. The summed E-state index contributed by atoms with van der Waals surface area (Å²) in [5.41, 5.74) is 0.189. The molecule has 0 radical (unpaired) electrons. The predicted molar refractivity (Wildman–Crippen MR) is 76.1 cm³/mol. The molecule has 1 aromatic rings. The molecule has 2 rings (SSSR count). The molecular weight excluding hydrogens is 293 g/mol. The van der Waals surface area contributed by atoms with Crippen LogP contribution >= 0.6 is 0 Å². The molecule has 0 saturated carbocycles. The molecule has 2 N–H and O–H groups in total. The minimum Gasteiger partial charge on any atom is -0.442 e. The monoisotopic (exact) mass is 309 g/mol. The number of anilines is 1. The fourth-order valence-electron chi connectivity index (χ4n) is 2.09. The second-order valence-electron chi connectivity index (χ2n) is 4.80. The zero-order chi connectivity index (χ0) is 16.3. The van der Waals surface area contributed by atoms with Gasteiger partial charge in [0.1, 0.15) is 11.9 Å². The van der Waals surface area contributed by atoms with Gasteiger partial charge in [0, 0.05) is 14.0 Å². The molecule has 8 heteroatoms. The van der Waals surface area contributed by atoms with Gasteiger partial charge in [-0.05, 0) is 18.2 Å². The number of amides is 3. The third-order valence-corrected chi connectivity index (χ3v) is 3.19. The lowest BCUT2D eigenvalue weighted by molar-refractivity contribution is -0.119. The average Bonchev–Trinajstić information content (AvgIpc) is 2.85. The van der Waals surface area contributed by atoms with Crippen LogP contribution in [-0.2, 0) is 9.53 Å². The first-order valence-electron chi connectivity index (χ1n) is 6.66. The third kappa shape index (κ3) is 3.33. The molecule has 0 bridgehead atoms. The molecule has 0 aromatic heterocycles. The Morgan fingerprint density at radius 2 is 2.18 bits per heavy atom. The van der Waals surface area contributed by atoms with Gasteiger partial charge in [0.05, 0.1) is 24.3 Å². The van der Waals surface area contributed by atoms with Crippen LogP contribution in [0, 0.1) is 5.82 Å². The normalized spacial score (nSPS) is 17.1. The van der Waals surface area contributed by atoms with E-state index in [1.54, 1.807) is 0 Å². The Labute approximate surface area is 126 Å².